The van der Waals surface area contributed by atoms with Crippen LogP contribution in [0.15, 0.2) is 59.8 Å². The second kappa shape index (κ2) is 6.17. The Kier molecular flexibility index (Phi) is 4.31. The Morgan fingerprint density at radius 2 is 1.78 bits per heavy atom. The molecule has 1 aromatic heterocycles. The summed E-state index contributed by atoms with van der Waals surface area (Å²) in [5.74, 6) is 0.0134. The van der Waals surface area contributed by atoms with Crippen LogP contribution in [0.3, 0.4) is 0 Å². The van der Waals surface area contributed by atoms with Crippen LogP contribution in [0.5, 0.6) is 0 Å². The minimum atomic E-state index is 0.0134. The molecule has 0 fully saturated rings. The molecule has 2 rings (SSSR count). The number of hydrogen-bond acceptors (Lipinski definition) is 3. The summed E-state index contributed by atoms with van der Waals surface area (Å²) in [5, 5.41) is 0. The quantitative estimate of drug-likeness (QED) is 0.474. The molecule has 1 heterocycles. The second-order valence-corrected chi connectivity index (χ2v) is 4.59. The van der Waals surface area contributed by atoms with E-state index in [2.05, 4.69) is 4.98 Å². The van der Waals surface area contributed by atoms with Gasteiger partial charge in [0.2, 0.25) is 0 Å². The van der Waals surface area contributed by atoms with Gasteiger partial charge in [-0.3, -0.25) is 9.78 Å². The van der Waals surface area contributed by atoms with Crippen molar-refractivity contribution < 1.29 is 4.79 Å². The Morgan fingerprint density at radius 3 is 2.39 bits per heavy atom. The molecular weight excluding hydrogens is 242 g/mol. The van der Waals surface area contributed by atoms with Crippen LogP contribution >= 0.6 is 11.8 Å². The predicted molar refractivity (Wildman–Crippen MR) is 75.8 cm³/mol. The van der Waals surface area contributed by atoms with Gasteiger partial charge < -0.3 is 0 Å². The highest BCUT2D eigenvalue weighted by Crippen LogP contribution is 2.15. The van der Waals surface area contributed by atoms with Crippen molar-refractivity contribution in [3.63, 3.8) is 0 Å². The Hall–Kier alpha value is -1.87. The van der Waals surface area contributed by atoms with Gasteiger partial charge in [-0.25, -0.2) is 0 Å². The molecule has 0 bridgehead atoms. The lowest BCUT2D eigenvalue weighted by atomic mass is 10.1. The molecule has 0 aliphatic carbocycles. The number of hydrogen-bond donors (Lipinski definition) is 0. The molecule has 2 aromatic rings. The Bertz CT molecular complexity index is 546. The van der Waals surface area contributed by atoms with Crippen molar-refractivity contribution in [3.05, 3.63) is 66.0 Å². The van der Waals surface area contributed by atoms with Crippen molar-refractivity contribution in [2.45, 2.75) is 4.90 Å². The lowest BCUT2D eigenvalue weighted by Crippen LogP contribution is -1.93. The molecule has 3 heteroatoms. The topological polar surface area (TPSA) is 30.0 Å². The maximum atomic E-state index is 11.9. The second-order valence-electron chi connectivity index (χ2n) is 3.71. The van der Waals surface area contributed by atoms with E-state index in [0.717, 1.165) is 10.5 Å². The first-order chi connectivity index (χ1) is 8.79. The average molecular weight is 255 g/mol. The summed E-state index contributed by atoms with van der Waals surface area (Å²) in [6.07, 6.45) is 8.81. The fourth-order valence-corrected chi connectivity index (χ4v) is 1.91. The number of carbonyl (C=O) groups is 1. The number of ketones is 1. The van der Waals surface area contributed by atoms with Gasteiger partial charge in [-0.1, -0.05) is 6.08 Å². The van der Waals surface area contributed by atoms with Crippen LogP contribution in [0.4, 0.5) is 0 Å². The minimum Gasteiger partial charge on any atom is -0.289 e. The van der Waals surface area contributed by atoms with Crippen LogP contribution in [0.1, 0.15) is 15.9 Å². The van der Waals surface area contributed by atoms with Crippen LogP contribution in [0, 0.1) is 0 Å². The van der Waals surface area contributed by atoms with Crippen molar-refractivity contribution in [3.8, 4) is 0 Å². The molecule has 0 saturated heterocycles. The minimum absolute atomic E-state index is 0.0134. The van der Waals surface area contributed by atoms with Gasteiger partial charge in [0, 0.05) is 22.9 Å². The van der Waals surface area contributed by atoms with Crippen LogP contribution in [-0.2, 0) is 0 Å². The zero-order valence-electron chi connectivity index (χ0n) is 10.0. The maximum Gasteiger partial charge on any atom is 0.185 e. The van der Waals surface area contributed by atoms with Gasteiger partial charge in [-0.15, -0.1) is 11.8 Å². The van der Waals surface area contributed by atoms with Gasteiger partial charge in [0.1, 0.15) is 0 Å². The van der Waals surface area contributed by atoms with E-state index in [1.54, 1.807) is 36.3 Å². The van der Waals surface area contributed by atoms with E-state index in [4.69, 9.17) is 0 Å². The van der Waals surface area contributed by atoms with Crippen molar-refractivity contribution in [1.29, 1.82) is 0 Å². The maximum absolute atomic E-state index is 11.9. The summed E-state index contributed by atoms with van der Waals surface area (Å²) >= 11 is 1.66. The van der Waals surface area contributed by atoms with E-state index in [1.165, 1.54) is 0 Å². The van der Waals surface area contributed by atoms with Gasteiger partial charge in [0.25, 0.3) is 0 Å². The Balaban J connectivity index is 2.09. The van der Waals surface area contributed by atoms with Crippen molar-refractivity contribution in [1.82, 2.24) is 4.98 Å². The number of aromatic nitrogens is 1. The number of pyridine rings is 1. The zero-order valence-corrected chi connectivity index (χ0v) is 10.9. The smallest absolute Gasteiger partial charge is 0.185 e. The van der Waals surface area contributed by atoms with Gasteiger partial charge >= 0.3 is 0 Å². The summed E-state index contributed by atoms with van der Waals surface area (Å²) in [4.78, 5) is 17.0. The normalized spacial score (nSPS) is 10.7. The summed E-state index contributed by atoms with van der Waals surface area (Å²) < 4.78 is 0. The molecular formula is C15H13NOS. The molecule has 0 N–H and O–H groups in total. The fourth-order valence-electron chi connectivity index (χ4n) is 1.50. The monoisotopic (exact) mass is 255 g/mol. The standard InChI is InChI=1S/C15H13NOS/c1-18-14-5-3-13(4-6-14)15(17)7-2-12-8-10-16-11-9-12/h2-11H,1H3/b7-2+. The van der Waals surface area contributed by atoms with E-state index < -0.39 is 0 Å². The molecule has 0 amide bonds. The number of allylic oxidation sites excluding steroid dienone is 1. The fraction of sp³-hybridized carbons (Fsp3) is 0.0667. The van der Waals surface area contributed by atoms with Crippen LogP contribution < -0.4 is 0 Å². The van der Waals surface area contributed by atoms with Crippen LogP contribution in [0.25, 0.3) is 6.08 Å². The Morgan fingerprint density at radius 1 is 1.11 bits per heavy atom. The molecule has 0 spiro atoms. The lowest BCUT2D eigenvalue weighted by Gasteiger charge is -1.98. The van der Waals surface area contributed by atoms with Gasteiger partial charge in [-0.05, 0) is 54.3 Å². The zero-order chi connectivity index (χ0) is 12.8. The number of nitrogens with zero attached hydrogens (tertiary/aromatic N) is 1. The van der Waals surface area contributed by atoms with E-state index in [0.29, 0.717) is 5.56 Å². The van der Waals surface area contributed by atoms with Crippen molar-refractivity contribution in [2.24, 2.45) is 0 Å². The third-order valence-corrected chi connectivity index (χ3v) is 3.25. The molecule has 0 aliphatic rings. The van der Waals surface area contributed by atoms with E-state index in [9.17, 15) is 4.79 Å². The first-order valence-corrected chi connectivity index (χ1v) is 6.78. The van der Waals surface area contributed by atoms with Gasteiger partial charge in [0.05, 0.1) is 0 Å². The summed E-state index contributed by atoms with van der Waals surface area (Å²) in [6.45, 7) is 0. The van der Waals surface area contributed by atoms with Crippen molar-refractivity contribution in [2.75, 3.05) is 6.26 Å². The largest absolute Gasteiger partial charge is 0.289 e. The highest BCUT2D eigenvalue weighted by molar-refractivity contribution is 7.98. The molecule has 0 unspecified atom stereocenters. The van der Waals surface area contributed by atoms with Crippen LogP contribution in [0.2, 0.25) is 0 Å². The molecule has 0 atom stereocenters. The van der Waals surface area contributed by atoms with Crippen molar-refractivity contribution >= 4 is 23.6 Å². The Labute approximate surface area is 111 Å². The summed E-state index contributed by atoms with van der Waals surface area (Å²) in [7, 11) is 0. The summed E-state index contributed by atoms with van der Waals surface area (Å²) in [5.41, 5.74) is 1.68. The number of thioether (sulfide) groups is 1. The molecule has 0 radical (unpaired) electrons. The molecule has 2 nitrogen and oxygen atoms in total. The molecule has 18 heavy (non-hydrogen) atoms. The highest BCUT2D eigenvalue weighted by atomic mass is 32.2. The van der Waals surface area contributed by atoms with Crippen LogP contribution in [-0.4, -0.2) is 17.0 Å². The first-order valence-electron chi connectivity index (χ1n) is 5.56. The van der Waals surface area contributed by atoms with E-state index in [1.807, 2.05) is 42.7 Å². The number of carbonyl (C=O) groups excluding carboxylic acids is 1. The number of benzene rings is 1. The SMILES string of the molecule is CSc1ccc(C(=O)/C=C/c2ccncc2)cc1. The molecule has 90 valence electrons. The van der Waals surface area contributed by atoms with Gasteiger partial charge in [0.15, 0.2) is 5.78 Å². The molecule has 0 saturated carbocycles. The number of rotatable bonds is 4. The molecule has 0 aliphatic heterocycles. The third-order valence-electron chi connectivity index (χ3n) is 2.51. The third kappa shape index (κ3) is 3.31. The first kappa shape index (κ1) is 12.6. The summed E-state index contributed by atoms with van der Waals surface area (Å²) in [6, 6.07) is 11.3. The highest BCUT2D eigenvalue weighted by Gasteiger charge is 2.01. The lowest BCUT2D eigenvalue weighted by molar-refractivity contribution is 0.104. The van der Waals surface area contributed by atoms with Gasteiger partial charge in [-0.2, -0.15) is 0 Å². The molecule has 1 aromatic carbocycles. The average Bonchev–Trinajstić information content (AvgIpc) is 2.46. The predicted octanol–water partition coefficient (Wildman–Crippen LogP) is 3.70. The van der Waals surface area contributed by atoms with E-state index >= 15 is 0 Å². The van der Waals surface area contributed by atoms with E-state index in [-0.39, 0.29) is 5.78 Å².